The quantitative estimate of drug-likeness (QED) is 0.782. The molecular weight excluding hydrogens is 349 g/mol. The Kier molecular flexibility index (Phi) is 5.68. The fraction of sp³-hybridized carbons (Fsp3) is 0.429. The molecule has 2 N–H and O–H groups in total. The standard InChI is InChI=1S/C14H16ClF3N4O2/c1-21-4-6-22(7-5-21)20-13(24)12(23)19-9-2-3-11(15)10(8-9)14(16,17)18/h2-3,8H,4-7H2,1H3,(H,19,23)(H,20,24). The third-order valence-corrected chi connectivity index (χ3v) is 3.83. The number of hydrogen-bond acceptors (Lipinski definition) is 4. The summed E-state index contributed by atoms with van der Waals surface area (Å²) in [6.07, 6.45) is -4.65. The van der Waals surface area contributed by atoms with Crippen molar-refractivity contribution in [2.24, 2.45) is 0 Å². The van der Waals surface area contributed by atoms with Crippen LogP contribution < -0.4 is 10.7 Å². The summed E-state index contributed by atoms with van der Waals surface area (Å²) < 4.78 is 38.3. The number of alkyl halides is 3. The molecule has 6 nitrogen and oxygen atoms in total. The Bertz CT molecular complexity index is 631. The minimum Gasteiger partial charge on any atom is -0.318 e. The van der Waals surface area contributed by atoms with Crippen molar-refractivity contribution in [1.29, 1.82) is 0 Å². The van der Waals surface area contributed by atoms with E-state index in [-0.39, 0.29) is 5.69 Å². The van der Waals surface area contributed by atoms with Crippen molar-refractivity contribution in [2.45, 2.75) is 6.18 Å². The molecule has 0 atom stereocenters. The van der Waals surface area contributed by atoms with Gasteiger partial charge >= 0.3 is 18.0 Å². The molecule has 0 saturated carbocycles. The van der Waals surface area contributed by atoms with Gasteiger partial charge in [0, 0.05) is 31.9 Å². The predicted octanol–water partition coefficient (Wildman–Crippen LogP) is 1.58. The number of piperazine rings is 1. The highest BCUT2D eigenvalue weighted by atomic mass is 35.5. The van der Waals surface area contributed by atoms with Crippen LogP contribution in [0, 0.1) is 0 Å². The van der Waals surface area contributed by atoms with Gasteiger partial charge in [0.1, 0.15) is 0 Å². The highest BCUT2D eigenvalue weighted by Gasteiger charge is 2.33. The Morgan fingerprint density at radius 3 is 2.33 bits per heavy atom. The SMILES string of the molecule is CN1CCN(NC(=O)C(=O)Nc2ccc(Cl)c(C(F)(F)F)c2)CC1. The van der Waals surface area contributed by atoms with E-state index in [9.17, 15) is 22.8 Å². The van der Waals surface area contributed by atoms with Gasteiger partial charge in [-0.1, -0.05) is 11.6 Å². The van der Waals surface area contributed by atoms with Gasteiger partial charge in [-0.3, -0.25) is 15.0 Å². The molecule has 0 bridgehead atoms. The van der Waals surface area contributed by atoms with Crippen LogP contribution in [-0.4, -0.2) is 54.9 Å². The molecule has 2 rings (SSSR count). The van der Waals surface area contributed by atoms with Gasteiger partial charge in [0.05, 0.1) is 10.6 Å². The lowest BCUT2D eigenvalue weighted by molar-refractivity contribution is -0.139. The van der Waals surface area contributed by atoms with E-state index in [1.165, 1.54) is 6.07 Å². The van der Waals surface area contributed by atoms with Crippen LogP contribution in [0.1, 0.15) is 5.56 Å². The molecule has 1 aromatic carbocycles. The van der Waals surface area contributed by atoms with Gasteiger partial charge in [-0.15, -0.1) is 0 Å². The first-order valence-electron chi connectivity index (χ1n) is 7.09. The van der Waals surface area contributed by atoms with E-state index in [1.54, 1.807) is 5.01 Å². The smallest absolute Gasteiger partial charge is 0.318 e. The van der Waals surface area contributed by atoms with Gasteiger partial charge in [-0.2, -0.15) is 13.2 Å². The summed E-state index contributed by atoms with van der Waals surface area (Å²) in [5.74, 6) is -1.99. The van der Waals surface area contributed by atoms with Crippen molar-refractivity contribution in [2.75, 3.05) is 38.5 Å². The second kappa shape index (κ2) is 7.37. The number of hydrogen-bond donors (Lipinski definition) is 2. The number of nitrogens with zero attached hydrogens (tertiary/aromatic N) is 2. The number of carbonyl (C=O) groups excluding carboxylic acids is 2. The zero-order valence-electron chi connectivity index (χ0n) is 12.8. The number of carbonyl (C=O) groups is 2. The van der Waals surface area contributed by atoms with Crippen molar-refractivity contribution in [1.82, 2.24) is 15.3 Å². The van der Waals surface area contributed by atoms with Crippen LogP contribution in [0.25, 0.3) is 0 Å². The maximum Gasteiger partial charge on any atom is 0.417 e. The number of anilines is 1. The lowest BCUT2D eigenvalue weighted by atomic mass is 10.2. The Hall–Kier alpha value is -1.84. The Morgan fingerprint density at radius 2 is 1.75 bits per heavy atom. The van der Waals surface area contributed by atoms with Crippen LogP contribution >= 0.6 is 11.6 Å². The topological polar surface area (TPSA) is 64.7 Å². The lowest BCUT2D eigenvalue weighted by Crippen LogP contribution is -2.54. The summed E-state index contributed by atoms with van der Waals surface area (Å²) in [5.41, 5.74) is 1.18. The molecule has 0 aliphatic carbocycles. The van der Waals surface area contributed by atoms with Gasteiger partial charge in [0.2, 0.25) is 0 Å². The van der Waals surface area contributed by atoms with E-state index in [4.69, 9.17) is 11.6 Å². The van der Waals surface area contributed by atoms with Gasteiger partial charge in [0.15, 0.2) is 0 Å². The fourth-order valence-electron chi connectivity index (χ4n) is 2.12. The van der Waals surface area contributed by atoms with E-state index in [0.29, 0.717) is 19.2 Å². The van der Waals surface area contributed by atoms with Crippen LogP contribution in [0.15, 0.2) is 18.2 Å². The lowest BCUT2D eigenvalue weighted by Gasteiger charge is -2.32. The summed E-state index contributed by atoms with van der Waals surface area (Å²) in [4.78, 5) is 25.7. The maximum absolute atomic E-state index is 12.8. The predicted molar refractivity (Wildman–Crippen MR) is 82.3 cm³/mol. The summed E-state index contributed by atoms with van der Waals surface area (Å²) in [7, 11) is 1.94. The maximum atomic E-state index is 12.8. The second-order valence-corrected chi connectivity index (χ2v) is 5.78. The Balaban J connectivity index is 1.98. The molecule has 132 valence electrons. The molecule has 1 heterocycles. The number of halogens is 4. The van der Waals surface area contributed by atoms with Gasteiger partial charge in [-0.25, -0.2) is 5.01 Å². The molecule has 24 heavy (non-hydrogen) atoms. The molecular formula is C14H16ClF3N4O2. The average molecular weight is 365 g/mol. The third-order valence-electron chi connectivity index (χ3n) is 3.50. The van der Waals surface area contributed by atoms with Crippen molar-refractivity contribution in [3.8, 4) is 0 Å². The van der Waals surface area contributed by atoms with Gasteiger partial charge in [-0.05, 0) is 25.2 Å². The van der Waals surface area contributed by atoms with E-state index < -0.39 is 28.6 Å². The molecule has 1 aromatic rings. The van der Waals surface area contributed by atoms with Crippen LogP contribution in [0.2, 0.25) is 5.02 Å². The highest BCUT2D eigenvalue weighted by Crippen LogP contribution is 2.36. The number of hydrazine groups is 1. The molecule has 0 radical (unpaired) electrons. The monoisotopic (exact) mass is 364 g/mol. The average Bonchev–Trinajstić information content (AvgIpc) is 2.50. The number of amides is 2. The van der Waals surface area contributed by atoms with Crippen LogP contribution in [0.4, 0.5) is 18.9 Å². The number of nitrogens with one attached hydrogen (secondary N) is 2. The van der Waals surface area contributed by atoms with E-state index >= 15 is 0 Å². The normalized spacial score (nSPS) is 16.7. The largest absolute Gasteiger partial charge is 0.417 e. The molecule has 0 unspecified atom stereocenters. The molecule has 1 fully saturated rings. The number of benzene rings is 1. The van der Waals surface area contributed by atoms with Crippen LogP contribution in [-0.2, 0) is 15.8 Å². The molecule has 1 saturated heterocycles. The zero-order chi connectivity index (χ0) is 17.9. The molecule has 1 aliphatic rings. The Labute approximate surface area is 141 Å². The minimum absolute atomic E-state index is 0.162. The van der Waals surface area contributed by atoms with Crippen LogP contribution in [0.5, 0.6) is 0 Å². The first-order chi connectivity index (χ1) is 11.2. The Morgan fingerprint density at radius 1 is 1.12 bits per heavy atom. The van der Waals surface area contributed by atoms with E-state index in [0.717, 1.165) is 19.2 Å². The van der Waals surface area contributed by atoms with Gasteiger partial charge < -0.3 is 10.2 Å². The molecule has 2 amide bonds. The second-order valence-electron chi connectivity index (χ2n) is 5.38. The van der Waals surface area contributed by atoms with Crippen LogP contribution in [0.3, 0.4) is 0 Å². The molecule has 10 heteroatoms. The van der Waals surface area contributed by atoms with E-state index in [1.807, 2.05) is 7.05 Å². The fourth-order valence-corrected chi connectivity index (χ4v) is 2.35. The summed E-state index contributed by atoms with van der Waals surface area (Å²) in [5, 5.41) is 3.24. The first-order valence-corrected chi connectivity index (χ1v) is 7.47. The summed E-state index contributed by atoms with van der Waals surface area (Å²) in [6.45, 7) is 2.56. The number of likely N-dealkylation sites (N-methyl/N-ethyl adjacent to an activating group) is 1. The summed E-state index contributed by atoms with van der Waals surface area (Å²) in [6, 6.07) is 2.89. The molecule has 0 spiro atoms. The van der Waals surface area contributed by atoms with Crippen molar-refractivity contribution < 1.29 is 22.8 Å². The zero-order valence-corrected chi connectivity index (χ0v) is 13.5. The molecule has 1 aliphatic heterocycles. The highest BCUT2D eigenvalue weighted by molar-refractivity contribution is 6.39. The van der Waals surface area contributed by atoms with Crippen molar-refractivity contribution in [3.63, 3.8) is 0 Å². The minimum atomic E-state index is -4.65. The van der Waals surface area contributed by atoms with Crippen molar-refractivity contribution >= 4 is 29.1 Å². The molecule has 0 aromatic heterocycles. The van der Waals surface area contributed by atoms with E-state index in [2.05, 4.69) is 15.6 Å². The van der Waals surface area contributed by atoms with Gasteiger partial charge in [0.25, 0.3) is 0 Å². The van der Waals surface area contributed by atoms with Crippen molar-refractivity contribution in [3.05, 3.63) is 28.8 Å². The summed E-state index contributed by atoms with van der Waals surface area (Å²) >= 11 is 5.50. The number of rotatable bonds is 2. The third kappa shape index (κ3) is 4.83. The first kappa shape index (κ1) is 18.5.